The summed E-state index contributed by atoms with van der Waals surface area (Å²) in [6.45, 7) is 1.76. The molecular formula is C12H23NO. The van der Waals surface area contributed by atoms with Crippen LogP contribution in [0.3, 0.4) is 0 Å². The van der Waals surface area contributed by atoms with Gasteiger partial charge in [-0.15, -0.1) is 0 Å². The van der Waals surface area contributed by atoms with Gasteiger partial charge in [0.05, 0.1) is 0 Å². The molecule has 0 atom stereocenters. The van der Waals surface area contributed by atoms with Gasteiger partial charge in [0.15, 0.2) is 0 Å². The molecule has 2 fully saturated rings. The van der Waals surface area contributed by atoms with Crippen LogP contribution in [-0.2, 0) is 4.74 Å². The lowest BCUT2D eigenvalue weighted by atomic mass is 9.75. The molecule has 0 aromatic rings. The van der Waals surface area contributed by atoms with E-state index >= 15 is 0 Å². The minimum absolute atomic E-state index is 0.114. The minimum Gasteiger partial charge on any atom is -0.381 e. The largest absolute Gasteiger partial charge is 0.381 e. The highest BCUT2D eigenvalue weighted by Crippen LogP contribution is 2.35. The summed E-state index contributed by atoms with van der Waals surface area (Å²) in [5, 5.41) is 0. The zero-order chi connectivity index (χ0) is 9.86. The van der Waals surface area contributed by atoms with Crippen molar-refractivity contribution in [2.75, 3.05) is 13.2 Å². The van der Waals surface area contributed by atoms with Crippen LogP contribution in [0.5, 0.6) is 0 Å². The first kappa shape index (κ1) is 10.4. The minimum atomic E-state index is 0.114. The monoisotopic (exact) mass is 197 g/mol. The summed E-state index contributed by atoms with van der Waals surface area (Å²) in [5.41, 5.74) is 6.64. The molecule has 1 aliphatic carbocycles. The molecule has 1 aliphatic heterocycles. The zero-order valence-electron chi connectivity index (χ0n) is 9.13. The van der Waals surface area contributed by atoms with E-state index in [0.717, 1.165) is 32.0 Å². The number of nitrogens with two attached hydrogens (primary N) is 1. The summed E-state index contributed by atoms with van der Waals surface area (Å²) in [4.78, 5) is 0. The van der Waals surface area contributed by atoms with Gasteiger partial charge < -0.3 is 10.5 Å². The van der Waals surface area contributed by atoms with Crippen LogP contribution in [0.4, 0.5) is 0 Å². The fourth-order valence-electron chi connectivity index (χ4n) is 3.01. The highest BCUT2D eigenvalue weighted by Gasteiger charge is 2.36. The Bertz CT molecular complexity index is 167. The predicted octanol–water partition coefficient (Wildman–Crippen LogP) is 2.46. The van der Waals surface area contributed by atoms with Crippen molar-refractivity contribution >= 4 is 0 Å². The van der Waals surface area contributed by atoms with Crippen LogP contribution in [0.25, 0.3) is 0 Å². The molecule has 1 saturated carbocycles. The predicted molar refractivity (Wildman–Crippen MR) is 58.2 cm³/mol. The Kier molecular flexibility index (Phi) is 3.45. The highest BCUT2D eigenvalue weighted by atomic mass is 16.5. The second-order valence-electron chi connectivity index (χ2n) is 5.03. The van der Waals surface area contributed by atoms with Gasteiger partial charge in [0, 0.05) is 18.8 Å². The molecule has 2 heteroatoms. The third kappa shape index (κ3) is 2.29. The molecule has 0 radical (unpaired) electrons. The molecule has 1 saturated heterocycles. The average molecular weight is 197 g/mol. The van der Waals surface area contributed by atoms with E-state index in [-0.39, 0.29) is 5.54 Å². The lowest BCUT2D eigenvalue weighted by Gasteiger charge is -2.40. The third-order valence-corrected chi connectivity index (χ3v) is 4.09. The van der Waals surface area contributed by atoms with E-state index in [0.29, 0.717) is 0 Å². The van der Waals surface area contributed by atoms with E-state index in [1.165, 1.54) is 38.5 Å². The molecule has 1 heterocycles. The SMILES string of the molecule is NC1(C2CCCCCC2)CCOCC1. The summed E-state index contributed by atoms with van der Waals surface area (Å²) in [7, 11) is 0. The Morgan fingerprint density at radius 1 is 0.929 bits per heavy atom. The van der Waals surface area contributed by atoms with Crippen molar-refractivity contribution in [3.63, 3.8) is 0 Å². The van der Waals surface area contributed by atoms with Crippen LogP contribution in [0.1, 0.15) is 51.4 Å². The van der Waals surface area contributed by atoms with Crippen molar-refractivity contribution in [2.45, 2.75) is 56.9 Å². The van der Waals surface area contributed by atoms with Crippen LogP contribution in [0.15, 0.2) is 0 Å². The molecule has 0 amide bonds. The molecule has 0 aromatic carbocycles. The molecule has 14 heavy (non-hydrogen) atoms. The first-order valence-electron chi connectivity index (χ1n) is 6.18. The van der Waals surface area contributed by atoms with E-state index in [1.807, 2.05) is 0 Å². The quantitative estimate of drug-likeness (QED) is 0.655. The van der Waals surface area contributed by atoms with Crippen molar-refractivity contribution in [1.82, 2.24) is 0 Å². The maximum absolute atomic E-state index is 6.52. The standard InChI is InChI=1S/C12H23NO/c13-12(7-9-14-10-8-12)11-5-3-1-2-4-6-11/h11H,1-10,13H2. The van der Waals surface area contributed by atoms with Crippen molar-refractivity contribution in [1.29, 1.82) is 0 Å². The van der Waals surface area contributed by atoms with Gasteiger partial charge in [-0.05, 0) is 31.6 Å². The Balaban J connectivity index is 1.95. The Labute approximate surface area is 87.2 Å². The lowest BCUT2D eigenvalue weighted by Crippen LogP contribution is -2.51. The van der Waals surface area contributed by atoms with Crippen LogP contribution < -0.4 is 5.73 Å². The lowest BCUT2D eigenvalue weighted by molar-refractivity contribution is 0.0265. The number of ether oxygens (including phenoxy) is 1. The molecule has 2 aliphatic rings. The Hall–Kier alpha value is -0.0800. The maximum Gasteiger partial charge on any atom is 0.0483 e. The van der Waals surface area contributed by atoms with E-state index in [2.05, 4.69) is 0 Å². The molecule has 2 nitrogen and oxygen atoms in total. The first-order chi connectivity index (χ1) is 6.81. The van der Waals surface area contributed by atoms with Crippen molar-refractivity contribution < 1.29 is 4.74 Å². The highest BCUT2D eigenvalue weighted by molar-refractivity contribution is 4.93. The van der Waals surface area contributed by atoms with Gasteiger partial charge in [-0.3, -0.25) is 0 Å². The van der Waals surface area contributed by atoms with Crippen molar-refractivity contribution in [2.24, 2.45) is 11.7 Å². The Morgan fingerprint density at radius 3 is 2.07 bits per heavy atom. The number of hydrogen-bond donors (Lipinski definition) is 1. The topological polar surface area (TPSA) is 35.2 Å². The molecule has 82 valence electrons. The molecule has 0 unspecified atom stereocenters. The fourth-order valence-corrected chi connectivity index (χ4v) is 3.01. The van der Waals surface area contributed by atoms with Gasteiger partial charge in [-0.25, -0.2) is 0 Å². The summed E-state index contributed by atoms with van der Waals surface area (Å²) in [6.07, 6.45) is 10.5. The van der Waals surface area contributed by atoms with Crippen LogP contribution in [0, 0.1) is 5.92 Å². The molecule has 2 rings (SSSR count). The van der Waals surface area contributed by atoms with Crippen LogP contribution in [-0.4, -0.2) is 18.8 Å². The second kappa shape index (κ2) is 4.63. The van der Waals surface area contributed by atoms with E-state index in [9.17, 15) is 0 Å². The van der Waals surface area contributed by atoms with Gasteiger partial charge in [0.25, 0.3) is 0 Å². The van der Waals surface area contributed by atoms with E-state index in [4.69, 9.17) is 10.5 Å². The summed E-state index contributed by atoms with van der Waals surface area (Å²) < 4.78 is 5.41. The fraction of sp³-hybridized carbons (Fsp3) is 1.00. The van der Waals surface area contributed by atoms with Crippen LogP contribution >= 0.6 is 0 Å². The van der Waals surface area contributed by atoms with Gasteiger partial charge in [0.1, 0.15) is 0 Å². The molecular weight excluding hydrogens is 174 g/mol. The average Bonchev–Trinajstić information content (AvgIpc) is 2.47. The normalized spacial score (nSPS) is 29.8. The third-order valence-electron chi connectivity index (χ3n) is 4.09. The smallest absolute Gasteiger partial charge is 0.0483 e. The number of hydrogen-bond acceptors (Lipinski definition) is 2. The zero-order valence-corrected chi connectivity index (χ0v) is 9.13. The van der Waals surface area contributed by atoms with Crippen molar-refractivity contribution in [3.8, 4) is 0 Å². The van der Waals surface area contributed by atoms with E-state index < -0.39 is 0 Å². The van der Waals surface area contributed by atoms with Gasteiger partial charge in [-0.1, -0.05) is 25.7 Å². The molecule has 0 bridgehead atoms. The second-order valence-corrected chi connectivity index (χ2v) is 5.03. The first-order valence-corrected chi connectivity index (χ1v) is 6.18. The summed E-state index contributed by atoms with van der Waals surface area (Å²) in [6, 6.07) is 0. The summed E-state index contributed by atoms with van der Waals surface area (Å²) >= 11 is 0. The summed E-state index contributed by atoms with van der Waals surface area (Å²) in [5.74, 6) is 0.772. The van der Waals surface area contributed by atoms with Crippen LogP contribution in [0.2, 0.25) is 0 Å². The number of rotatable bonds is 1. The maximum atomic E-state index is 6.52. The van der Waals surface area contributed by atoms with Gasteiger partial charge in [-0.2, -0.15) is 0 Å². The van der Waals surface area contributed by atoms with Gasteiger partial charge in [0.2, 0.25) is 0 Å². The Morgan fingerprint density at radius 2 is 1.50 bits per heavy atom. The van der Waals surface area contributed by atoms with E-state index in [1.54, 1.807) is 0 Å². The van der Waals surface area contributed by atoms with Gasteiger partial charge >= 0.3 is 0 Å². The van der Waals surface area contributed by atoms with Crippen molar-refractivity contribution in [3.05, 3.63) is 0 Å². The molecule has 0 spiro atoms. The molecule has 2 N–H and O–H groups in total. The molecule has 0 aromatic heterocycles.